The summed E-state index contributed by atoms with van der Waals surface area (Å²) < 4.78 is 20.7. The topological polar surface area (TPSA) is 138 Å². The number of halogens is 1. The average Bonchev–Trinajstić information content (AvgIpc) is 3.66. The molecule has 1 aliphatic carbocycles. The number of nitrogen functional groups attached to an aromatic ring is 1. The number of benzene rings is 2. The zero-order chi connectivity index (χ0) is 31.1. The maximum absolute atomic E-state index is 15.6. The van der Waals surface area contributed by atoms with Gasteiger partial charge in [-0.2, -0.15) is 0 Å². The number of amidine groups is 1. The molecule has 3 atom stereocenters. The summed E-state index contributed by atoms with van der Waals surface area (Å²) in [5.41, 5.74) is 8.75. The number of nitrogens with zero attached hydrogens (tertiary/aromatic N) is 1. The van der Waals surface area contributed by atoms with E-state index in [0.29, 0.717) is 11.1 Å². The smallest absolute Gasteiger partial charge is 0.251 e. The lowest BCUT2D eigenvalue weighted by Gasteiger charge is -2.25. The lowest BCUT2D eigenvalue weighted by atomic mass is 9.82. The van der Waals surface area contributed by atoms with E-state index >= 15 is 4.39 Å². The van der Waals surface area contributed by atoms with Crippen LogP contribution in [0.5, 0.6) is 0 Å². The highest BCUT2D eigenvalue weighted by atomic mass is 32.1. The van der Waals surface area contributed by atoms with Gasteiger partial charge in [-0.1, -0.05) is 44.2 Å². The lowest BCUT2D eigenvalue weighted by Crippen LogP contribution is -2.49. The maximum Gasteiger partial charge on any atom is 0.251 e. The second-order valence-corrected chi connectivity index (χ2v) is 12.8. The minimum absolute atomic E-state index is 0.0777. The Bertz CT molecular complexity index is 1600. The van der Waals surface area contributed by atoms with Crippen molar-refractivity contribution in [3.8, 4) is 11.1 Å². The van der Waals surface area contributed by atoms with Gasteiger partial charge in [0.25, 0.3) is 5.91 Å². The highest BCUT2D eigenvalue weighted by Crippen LogP contribution is 2.48. The van der Waals surface area contributed by atoms with Gasteiger partial charge >= 0.3 is 0 Å². The molecule has 0 unspecified atom stereocenters. The Morgan fingerprint density at radius 3 is 2.56 bits per heavy atom. The number of hydrogen-bond acceptors (Lipinski definition) is 6. The molecule has 3 amide bonds. The summed E-state index contributed by atoms with van der Waals surface area (Å²) in [6.07, 6.45) is -0.233. The Morgan fingerprint density at radius 1 is 1.14 bits per heavy atom. The maximum atomic E-state index is 15.6. The largest absolute Gasteiger partial charge is 0.384 e. The van der Waals surface area contributed by atoms with Crippen LogP contribution < -0.4 is 16.4 Å². The molecule has 5 N–H and O–H groups in total. The summed E-state index contributed by atoms with van der Waals surface area (Å²) in [6, 6.07) is 13.9. The highest BCUT2D eigenvalue weighted by Gasteiger charge is 2.49. The lowest BCUT2D eigenvalue weighted by molar-refractivity contribution is -0.138. The number of nitrogens with two attached hydrogens (primary N) is 1. The van der Waals surface area contributed by atoms with Gasteiger partial charge in [-0.3, -0.25) is 19.8 Å². The van der Waals surface area contributed by atoms with Crippen LogP contribution in [0.15, 0.2) is 53.9 Å². The summed E-state index contributed by atoms with van der Waals surface area (Å²) >= 11 is 1.34. The molecule has 0 saturated carbocycles. The molecule has 43 heavy (non-hydrogen) atoms. The van der Waals surface area contributed by atoms with Crippen molar-refractivity contribution in [2.45, 2.75) is 50.4 Å². The van der Waals surface area contributed by atoms with E-state index in [2.05, 4.69) is 36.6 Å². The molecule has 0 spiro atoms. The van der Waals surface area contributed by atoms with E-state index in [4.69, 9.17) is 15.9 Å². The van der Waals surface area contributed by atoms with Gasteiger partial charge in [0, 0.05) is 40.3 Å². The van der Waals surface area contributed by atoms with E-state index in [1.54, 1.807) is 24.4 Å². The van der Waals surface area contributed by atoms with E-state index in [9.17, 15) is 14.4 Å². The first-order valence-corrected chi connectivity index (χ1v) is 15.0. The highest BCUT2D eigenvalue weighted by molar-refractivity contribution is 7.10. The van der Waals surface area contributed by atoms with Gasteiger partial charge in [-0.25, -0.2) is 4.39 Å². The molecular weight excluding hydrogens is 569 g/mol. The molecule has 1 fully saturated rings. The molecule has 1 saturated heterocycles. The molecule has 2 aliphatic rings. The Hall–Kier alpha value is -4.09. The third-order valence-corrected chi connectivity index (χ3v) is 9.49. The van der Waals surface area contributed by atoms with Gasteiger partial charge < -0.3 is 26.0 Å². The number of alkyl halides is 1. The number of carbonyl (C=O) groups is 3. The van der Waals surface area contributed by atoms with Gasteiger partial charge in [-0.05, 0) is 47.4 Å². The molecular formula is C32H36FN5O4S. The second-order valence-electron chi connectivity index (χ2n) is 11.8. The minimum atomic E-state index is -1.91. The van der Waals surface area contributed by atoms with E-state index in [1.165, 1.54) is 28.9 Å². The molecule has 0 bridgehead atoms. The summed E-state index contributed by atoms with van der Waals surface area (Å²) in [7, 11) is 1.36. The summed E-state index contributed by atoms with van der Waals surface area (Å²) in [5, 5.41) is 14.8. The van der Waals surface area contributed by atoms with Gasteiger partial charge in [0.1, 0.15) is 11.9 Å². The fourth-order valence-electron chi connectivity index (χ4n) is 6.10. The quantitative estimate of drug-likeness (QED) is 0.217. The van der Waals surface area contributed by atoms with Crippen molar-refractivity contribution < 1.29 is 23.5 Å². The third-order valence-electron chi connectivity index (χ3n) is 8.38. The summed E-state index contributed by atoms with van der Waals surface area (Å²) in [5.74, 6) is -1.59. The number of hydrogen-bond donors (Lipinski definition) is 4. The Balaban J connectivity index is 1.27. The first kappa shape index (κ1) is 30.4. The van der Waals surface area contributed by atoms with Crippen LogP contribution in [-0.4, -0.2) is 67.0 Å². The summed E-state index contributed by atoms with van der Waals surface area (Å²) in [6.45, 7) is 5.00. The molecule has 9 nitrogen and oxygen atoms in total. The zero-order valence-corrected chi connectivity index (χ0v) is 25.4. The molecule has 11 heteroatoms. The minimum Gasteiger partial charge on any atom is -0.384 e. The Labute approximate surface area is 254 Å². The summed E-state index contributed by atoms with van der Waals surface area (Å²) in [4.78, 5) is 41.8. The van der Waals surface area contributed by atoms with Crippen LogP contribution in [0.4, 0.5) is 4.39 Å². The van der Waals surface area contributed by atoms with Crippen LogP contribution in [0.1, 0.15) is 65.2 Å². The number of fused-ring (bicyclic) bond motifs is 3. The van der Waals surface area contributed by atoms with Crippen LogP contribution in [-0.2, 0) is 19.7 Å². The van der Waals surface area contributed by atoms with Crippen molar-refractivity contribution in [2.75, 3.05) is 26.8 Å². The number of thiophene rings is 1. The van der Waals surface area contributed by atoms with Crippen LogP contribution in [0.3, 0.4) is 0 Å². The van der Waals surface area contributed by atoms with E-state index in [0.717, 1.165) is 21.6 Å². The van der Waals surface area contributed by atoms with Crippen LogP contribution in [0.25, 0.3) is 11.1 Å². The molecule has 226 valence electrons. The van der Waals surface area contributed by atoms with E-state index in [1.807, 2.05) is 24.3 Å². The average molecular weight is 606 g/mol. The number of methoxy groups -OCH3 is 1. The van der Waals surface area contributed by atoms with Gasteiger partial charge in [0.05, 0.1) is 25.7 Å². The van der Waals surface area contributed by atoms with Crippen LogP contribution >= 0.6 is 11.3 Å². The number of rotatable bonds is 9. The van der Waals surface area contributed by atoms with Crippen LogP contribution in [0.2, 0.25) is 0 Å². The number of carbonyl (C=O) groups excluding carboxylic acids is 3. The molecule has 2 heterocycles. The Kier molecular flexibility index (Phi) is 8.15. The molecule has 2 aromatic carbocycles. The fraction of sp³-hybridized carbons (Fsp3) is 0.375. The standard InChI is InChI=1S/C32H36FN5O4S/c1-18(26-12-20(15-43-26)28(34)35)37-30(41)25-13-32(33,17-42-4)16-38(25)27(39)14-36-29(40)19-9-10-22-21-7-5-6-8-23(21)31(2,3)24(22)11-19/h5-12,15,18,25H,13-14,16-17H2,1-4H3,(H3,34,35)(H,36,40)(H,37,41)/t18-,25+,32-/m1/s1. The predicted octanol–water partition coefficient (Wildman–Crippen LogP) is 3.90. The van der Waals surface area contributed by atoms with Gasteiger partial charge in [0.15, 0.2) is 5.67 Å². The van der Waals surface area contributed by atoms with E-state index < -0.39 is 42.0 Å². The zero-order valence-electron chi connectivity index (χ0n) is 24.6. The molecule has 1 aliphatic heterocycles. The normalized spacial score (nSPS) is 20.7. The molecule has 3 aromatic rings. The third kappa shape index (κ3) is 5.79. The SMILES string of the molecule is COC[C@@]1(F)C[C@@H](C(=O)N[C@H](C)c2cc(C(=N)N)cs2)N(C(=O)CNC(=O)c2ccc3c(c2)C(C)(C)c2ccccc2-3)C1. The molecule has 0 radical (unpaired) electrons. The predicted molar refractivity (Wildman–Crippen MR) is 164 cm³/mol. The van der Waals surface area contributed by atoms with Crippen molar-refractivity contribution in [3.05, 3.63) is 81.0 Å². The number of nitrogens with one attached hydrogen (secondary N) is 3. The van der Waals surface area contributed by atoms with Crippen molar-refractivity contribution in [1.82, 2.24) is 15.5 Å². The first-order valence-electron chi connectivity index (χ1n) is 14.1. The number of likely N-dealkylation sites (tertiary alicyclic amines) is 1. The molecule has 1 aromatic heterocycles. The number of amides is 3. The van der Waals surface area contributed by atoms with E-state index in [-0.39, 0.29) is 30.8 Å². The number of ether oxygens (including phenoxy) is 1. The van der Waals surface area contributed by atoms with Crippen molar-refractivity contribution >= 4 is 34.9 Å². The first-order chi connectivity index (χ1) is 20.3. The van der Waals surface area contributed by atoms with Crippen LogP contribution in [0, 0.1) is 5.41 Å². The Morgan fingerprint density at radius 2 is 1.86 bits per heavy atom. The van der Waals surface area contributed by atoms with Crippen molar-refractivity contribution in [1.29, 1.82) is 5.41 Å². The monoisotopic (exact) mass is 605 g/mol. The fourth-order valence-corrected chi connectivity index (χ4v) is 7.02. The molecule has 5 rings (SSSR count). The van der Waals surface area contributed by atoms with Crippen molar-refractivity contribution in [3.63, 3.8) is 0 Å². The van der Waals surface area contributed by atoms with Crippen molar-refractivity contribution in [2.24, 2.45) is 5.73 Å². The van der Waals surface area contributed by atoms with Gasteiger partial charge in [0.2, 0.25) is 11.8 Å². The second kappa shape index (κ2) is 11.5. The van der Waals surface area contributed by atoms with Gasteiger partial charge in [-0.15, -0.1) is 11.3 Å².